The Morgan fingerprint density at radius 2 is 0.880 bits per heavy atom. The van der Waals surface area contributed by atoms with Crippen molar-refractivity contribution in [3.63, 3.8) is 0 Å². The van der Waals surface area contributed by atoms with E-state index in [-0.39, 0.29) is 0 Å². The van der Waals surface area contributed by atoms with E-state index in [4.69, 9.17) is 4.42 Å². The highest BCUT2D eigenvalue weighted by molar-refractivity contribution is 6.34. The van der Waals surface area contributed by atoms with Crippen molar-refractivity contribution < 1.29 is 4.42 Å². The number of hydrogen-bond acceptors (Lipinski definition) is 1. The molecule has 0 saturated heterocycles. The van der Waals surface area contributed by atoms with Crippen LogP contribution in [-0.2, 0) is 0 Å². The Labute approximate surface area is 144 Å². The summed E-state index contributed by atoms with van der Waals surface area (Å²) in [7, 11) is 0. The van der Waals surface area contributed by atoms with Crippen LogP contribution < -0.4 is 0 Å². The quantitative estimate of drug-likeness (QED) is 0.274. The molecule has 5 aromatic carbocycles. The summed E-state index contributed by atoms with van der Waals surface area (Å²) in [5.74, 6) is 0. The van der Waals surface area contributed by atoms with Crippen LogP contribution in [0.15, 0.2) is 89.3 Å². The molecule has 0 spiro atoms. The Bertz CT molecular complexity index is 1400. The Balaban J connectivity index is 2.06. The second-order valence-electron chi connectivity index (χ2n) is 6.55. The van der Waals surface area contributed by atoms with Crippen molar-refractivity contribution in [3.8, 4) is 0 Å². The second kappa shape index (κ2) is 4.61. The van der Waals surface area contributed by atoms with Crippen molar-refractivity contribution in [3.05, 3.63) is 84.9 Å². The SMILES string of the molecule is c1ccc2c(c1)oc1ccc3c4ccccc4c4ccccc4c3c12. The molecule has 1 nitrogen and oxygen atoms in total. The average Bonchev–Trinajstić information content (AvgIpc) is 3.06. The molecule has 0 saturated carbocycles. The number of benzene rings is 5. The largest absolute Gasteiger partial charge is 0.456 e. The standard InChI is InChI=1S/C24H14O/c1-2-9-17-15(7-1)16-8-3-4-10-18(16)23-19(17)13-14-22-24(23)20-11-5-6-12-21(20)25-22/h1-14H. The molecule has 0 fully saturated rings. The Morgan fingerprint density at radius 3 is 1.60 bits per heavy atom. The summed E-state index contributed by atoms with van der Waals surface area (Å²) in [6.45, 7) is 0. The van der Waals surface area contributed by atoms with Gasteiger partial charge >= 0.3 is 0 Å². The van der Waals surface area contributed by atoms with Gasteiger partial charge in [-0.15, -0.1) is 0 Å². The average molecular weight is 318 g/mol. The van der Waals surface area contributed by atoms with Crippen molar-refractivity contribution >= 4 is 54.3 Å². The molecule has 6 aromatic rings. The molecular weight excluding hydrogens is 304 g/mol. The van der Waals surface area contributed by atoms with E-state index in [0.29, 0.717) is 0 Å². The molecule has 0 bridgehead atoms. The van der Waals surface area contributed by atoms with Gasteiger partial charge in [-0.25, -0.2) is 0 Å². The van der Waals surface area contributed by atoms with Gasteiger partial charge < -0.3 is 4.42 Å². The van der Waals surface area contributed by atoms with Gasteiger partial charge in [0.2, 0.25) is 0 Å². The molecule has 0 amide bonds. The first kappa shape index (κ1) is 13.0. The van der Waals surface area contributed by atoms with Crippen LogP contribution in [0, 0.1) is 0 Å². The Hall–Kier alpha value is -3.32. The summed E-state index contributed by atoms with van der Waals surface area (Å²) in [5, 5.41) is 10.2. The van der Waals surface area contributed by atoms with Crippen molar-refractivity contribution in [2.75, 3.05) is 0 Å². The van der Waals surface area contributed by atoms with Crippen LogP contribution in [0.2, 0.25) is 0 Å². The summed E-state index contributed by atoms with van der Waals surface area (Å²) in [6.07, 6.45) is 0. The van der Waals surface area contributed by atoms with Crippen LogP contribution in [-0.4, -0.2) is 0 Å². The number of fused-ring (bicyclic) bond motifs is 10. The predicted octanol–water partition coefficient (Wildman–Crippen LogP) is 7.05. The lowest BCUT2D eigenvalue weighted by Gasteiger charge is -2.11. The van der Waals surface area contributed by atoms with Gasteiger partial charge in [0.15, 0.2) is 0 Å². The molecule has 0 N–H and O–H groups in total. The third-order valence-corrected chi connectivity index (χ3v) is 5.25. The minimum absolute atomic E-state index is 0.947. The molecule has 0 aliphatic heterocycles. The number of rotatable bonds is 0. The molecule has 0 aliphatic rings. The molecule has 0 aliphatic carbocycles. The number of furan rings is 1. The lowest BCUT2D eigenvalue weighted by Crippen LogP contribution is -1.83. The van der Waals surface area contributed by atoms with Crippen LogP contribution >= 0.6 is 0 Å². The third kappa shape index (κ3) is 1.62. The second-order valence-corrected chi connectivity index (χ2v) is 6.55. The number of para-hydroxylation sites is 1. The molecule has 1 heteroatoms. The molecular formula is C24H14O. The van der Waals surface area contributed by atoms with Gasteiger partial charge in [-0.05, 0) is 45.1 Å². The molecule has 1 aromatic heterocycles. The highest BCUT2D eigenvalue weighted by atomic mass is 16.3. The van der Waals surface area contributed by atoms with Crippen LogP contribution in [0.25, 0.3) is 54.3 Å². The zero-order chi connectivity index (χ0) is 16.4. The highest BCUT2D eigenvalue weighted by Crippen LogP contribution is 2.41. The van der Waals surface area contributed by atoms with Crippen LogP contribution in [0.1, 0.15) is 0 Å². The van der Waals surface area contributed by atoms with Gasteiger partial charge in [-0.2, -0.15) is 0 Å². The molecule has 0 atom stereocenters. The fraction of sp³-hybridized carbons (Fsp3) is 0. The third-order valence-electron chi connectivity index (χ3n) is 5.25. The van der Waals surface area contributed by atoms with E-state index in [1.807, 2.05) is 12.1 Å². The highest BCUT2D eigenvalue weighted by Gasteiger charge is 2.15. The summed E-state index contributed by atoms with van der Waals surface area (Å²) in [6, 6.07) is 30.0. The Morgan fingerprint density at radius 1 is 0.360 bits per heavy atom. The van der Waals surface area contributed by atoms with Gasteiger partial charge in [0, 0.05) is 16.2 Å². The summed E-state index contributed by atoms with van der Waals surface area (Å²) >= 11 is 0. The molecule has 25 heavy (non-hydrogen) atoms. The van der Waals surface area contributed by atoms with Crippen molar-refractivity contribution in [2.45, 2.75) is 0 Å². The lowest BCUT2D eigenvalue weighted by molar-refractivity contribution is 0.669. The fourth-order valence-electron chi connectivity index (χ4n) is 4.21. The van der Waals surface area contributed by atoms with E-state index in [1.165, 1.54) is 43.1 Å². The topological polar surface area (TPSA) is 13.1 Å². The van der Waals surface area contributed by atoms with Gasteiger partial charge in [0.05, 0.1) is 0 Å². The van der Waals surface area contributed by atoms with E-state index >= 15 is 0 Å². The van der Waals surface area contributed by atoms with E-state index in [1.54, 1.807) is 0 Å². The first-order valence-corrected chi connectivity index (χ1v) is 8.55. The first-order valence-electron chi connectivity index (χ1n) is 8.55. The molecule has 116 valence electrons. The van der Waals surface area contributed by atoms with Gasteiger partial charge in [-0.3, -0.25) is 0 Å². The maximum absolute atomic E-state index is 6.12. The molecule has 0 radical (unpaired) electrons. The minimum atomic E-state index is 0.947. The van der Waals surface area contributed by atoms with Crippen molar-refractivity contribution in [1.82, 2.24) is 0 Å². The van der Waals surface area contributed by atoms with Gasteiger partial charge in [0.1, 0.15) is 11.2 Å². The zero-order valence-corrected chi connectivity index (χ0v) is 13.5. The monoisotopic (exact) mass is 318 g/mol. The van der Waals surface area contributed by atoms with Crippen LogP contribution in [0.3, 0.4) is 0 Å². The predicted molar refractivity (Wildman–Crippen MR) is 106 cm³/mol. The van der Waals surface area contributed by atoms with Crippen molar-refractivity contribution in [2.24, 2.45) is 0 Å². The van der Waals surface area contributed by atoms with Gasteiger partial charge in [-0.1, -0.05) is 66.7 Å². The first-order chi connectivity index (χ1) is 12.4. The maximum atomic E-state index is 6.12. The van der Waals surface area contributed by atoms with E-state index in [2.05, 4.69) is 72.8 Å². The summed E-state index contributed by atoms with van der Waals surface area (Å²) in [4.78, 5) is 0. The molecule has 1 heterocycles. The smallest absolute Gasteiger partial charge is 0.136 e. The van der Waals surface area contributed by atoms with Gasteiger partial charge in [0.25, 0.3) is 0 Å². The summed E-state index contributed by atoms with van der Waals surface area (Å²) in [5.41, 5.74) is 1.90. The normalized spacial score (nSPS) is 12.0. The maximum Gasteiger partial charge on any atom is 0.136 e. The number of hydrogen-bond donors (Lipinski definition) is 0. The van der Waals surface area contributed by atoms with E-state index in [0.717, 1.165) is 11.2 Å². The van der Waals surface area contributed by atoms with E-state index < -0.39 is 0 Å². The molecule has 0 unspecified atom stereocenters. The lowest BCUT2D eigenvalue weighted by atomic mass is 9.92. The Kier molecular flexibility index (Phi) is 2.40. The minimum Gasteiger partial charge on any atom is -0.456 e. The molecule has 6 rings (SSSR count). The van der Waals surface area contributed by atoms with Crippen LogP contribution in [0.4, 0.5) is 0 Å². The fourth-order valence-corrected chi connectivity index (χ4v) is 4.21. The van der Waals surface area contributed by atoms with E-state index in [9.17, 15) is 0 Å². The zero-order valence-electron chi connectivity index (χ0n) is 13.5. The van der Waals surface area contributed by atoms with Crippen LogP contribution in [0.5, 0.6) is 0 Å². The summed E-state index contributed by atoms with van der Waals surface area (Å²) < 4.78 is 6.12. The van der Waals surface area contributed by atoms with Crippen molar-refractivity contribution in [1.29, 1.82) is 0 Å².